The lowest BCUT2D eigenvalue weighted by atomic mass is 10.1. The second kappa shape index (κ2) is 6.82. The molecule has 1 aliphatic rings. The number of carbonyl (C=O) groups excluding carboxylic acids is 1. The molecule has 1 fully saturated rings. The van der Waals surface area contributed by atoms with Gasteiger partial charge in [0, 0.05) is 31.2 Å². The molecule has 1 atom stereocenters. The molecule has 0 saturated carbocycles. The minimum atomic E-state index is 0.0440. The Hall–Kier alpha value is -2.44. The Morgan fingerprint density at radius 1 is 1.28 bits per heavy atom. The van der Waals surface area contributed by atoms with Crippen LogP contribution >= 0.6 is 11.3 Å². The lowest BCUT2D eigenvalue weighted by molar-refractivity contribution is 0.0714. The summed E-state index contributed by atoms with van der Waals surface area (Å²) in [5, 5.41) is 4.10. The van der Waals surface area contributed by atoms with Gasteiger partial charge in [0.2, 0.25) is 0 Å². The molecule has 4 rings (SSSR count). The van der Waals surface area contributed by atoms with Crippen LogP contribution in [-0.2, 0) is 0 Å². The molecule has 6 heteroatoms. The minimum Gasteiger partial charge on any atom is -0.462 e. The summed E-state index contributed by atoms with van der Waals surface area (Å²) < 4.78 is 5.48. The van der Waals surface area contributed by atoms with Crippen LogP contribution in [0.4, 0.5) is 0 Å². The Labute approximate surface area is 150 Å². The molecule has 1 amide bonds. The van der Waals surface area contributed by atoms with Crippen LogP contribution < -0.4 is 5.32 Å². The van der Waals surface area contributed by atoms with E-state index in [1.54, 1.807) is 6.26 Å². The van der Waals surface area contributed by atoms with E-state index in [9.17, 15) is 4.79 Å². The van der Waals surface area contributed by atoms with Crippen molar-refractivity contribution in [1.82, 2.24) is 15.2 Å². The molecule has 1 aromatic carbocycles. The zero-order valence-corrected chi connectivity index (χ0v) is 14.8. The van der Waals surface area contributed by atoms with Crippen LogP contribution in [0.5, 0.6) is 0 Å². The molecule has 5 nitrogen and oxygen atoms in total. The molecule has 1 aliphatic heterocycles. The number of nitrogens with one attached hydrogen (secondary N) is 1. The van der Waals surface area contributed by atoms with Crippen LogP contribution in [-0.4, -0.2) is 41.5 Å². The second-order valence-corrected chi connectivity index (χ2v) is 7.15. The number of amides is 1. The van der Waals surface area contributed by atoms with Crippen molar-refractivity contribution in [2.24, 2.45) is 0 Å². The molecular weight excluding hydrogens is 334 g/mol. The molecule has 3 heterocycles. The number of carbonyl (C=O) groups is 1. The van der Waals surface area contributed by atoms with Gasteiger partial charge in [0.15, 0.2) is 10.8 Å². The first kappa shape index (κ1) is 16.1. The van der Waals surface area contributed by atoms with Crippen LogP contribution in [0.1, 0.15) is 16.6 Å². The molecule has 0 spiro atoms. The average molecular weight is 353 g/mol. The zero-order chi connectivity index (χ0) is 17.2. The van der Waals surface area contributed by atoms with E-state index < -0.39 is 0 Å². The van der Waals surface area contributed by atoms with Crippen LogP contribution in [0.2, 0.25) is 0 Å². The van der Waals surface area contributed by atoms with Gasteiger partial charge in [-0.3, -0.25) is 4.79 Å². The summed E-state index contributed by atoms with van der Waals surface area (Å²) in [6.07, 6.45) is 1.62. The fourth-order valence-corrected chi connectivity index (χ4v) is 4.05. The minimum absolute atomic E-state index is 0.0440. The van der Waals surface area contributed by atoms with E-state index >= 15 is 0 Å². The lowest BCUT2D eigenvalue weighted by Crippen LogP contribution is -2.51. The van der Waals surface area contributed by atoms with Gasteiger partial charge < -0.3 is 14.6 Å². The van der Waals surface area contributed by atoms with E-state index in [2.05, 4.69) is 12.2 Å². The highest BCUT2D eigenvalue weighted by atomic mass is 32.1. The van der Waals surface area contributed by atoms with Gasteiger partial charge in [0.25, 0.3) is 5.91 Å². The normalized spacial score (nSPS) is 17.6. The van der Waals surface area contributed by atoms with Gasteiger partial charge in [-0.05, 0) is 19.1 Å². The van der Waals surface area contributed by atoms with Crippen molar-refractivity contribution in [3.63, 3.8) is 0 Å². The number of benzene rings is 1. The standard InChI is InChI=1S/C19H19N3O2S/c1-13-12-22(10-9-20-13)19(23)17-16(14-6-3-2-4-7-14)21-18(25-17)15-8-5-11-24-15/h2-8,11,13,20H,9-10,12H2,1H3. The van der Waals surface area contributed by atoms with Gasteiger partial charge in [-0.25, -0.2) is 4.98 Å². The summed E-state index contributed by atoms with van der Waals surface area (Å²) in [6.45, 7) is 4.34. The van der Waals surface area contributed by atoms with Crippen LogP contribution in [0.15, 0.2) is 53.1 Å². The largest absolute Gasteiger partial charge is 0.462 e. The molecule has 128 valence electrons. The van der Waals surface area contributed by atoms with Crippen LogP contribution in [0.3, 0.4) is 0 Å². The van der Waals surface area contributed by atoms with Crippen molar-refractivity contribution in [2.75, 3.05) is 19.6 Å². The summed E-state index contributed by atoms with van der Waals surface area (Å²) in [4.78, 5) is 20.5. The first-order valence-electron chi connectivity index (χ1n) is 8.35. The van der Waals surface area contributed by atoms with Gasteiger partial charge in [-0.2, -0.15) is 0 Å². The van der Waals surface area contributed by atoms with Gasteiger partial charge in [0.05, 0.1) is 12.0 Å². The molecule has 1 N–H and O–H groups in total. The Bertz CT molecular complexity index is 858. The smallest absolute Gasteiger partial charge is 0.266 e. The highest BCUT2D eigenvalue weighted by Gasteiger charge is 2.27. The predicted octanol–water partition coefficient (Wildman–Crippen LogP) is 3.50. The topological polar surface area (TPSA) is 58.4 Å². The van der Waals surface area contributed by atoms with E-state index in [1.807, 2.05) is 47.4 Å². The fourth-order valence-electron chi connectivity index (χ4n) is 3.02. The summed E-state index contributed by atoms with van der Waals surface area (Å²) >= 11 is 1.40. The number of furan rings is 1. The average Bonchev–Trinajstić information content (AvgIpc) is 3.31. The van der Waals surface area contributed by atoms with Crippen molar-refractivity contribution >= 4 is 17.2 Å². The van der Waals surface area contributed by atoms with Crippen molar-refractivity contribution in [1.29, 1.82) is 0 Å². The Morgan fingerprint density at radius 2 is 2.12 bits per heavy atom. The quantitative estimate of drug-likeness (QED) is 0.783. The maximum atomic E-state index is 13.2. The highest BCUT2D eigenvalue weighted by molar-refractivity contribution is 7.17. The van der Waals surface area contributed by atoms with Crippen molar-refractivity contribution in [3.8, 4) is 22.0 Å². The number of nitrogens with zero attached hydrogens (tertiary/aromatic N) is 2. The second-order valence-electron chi connectivity index (χ2n) is 6.15. The number of hydrogen-bond acceptors (Lipinski definition) is 5. The zero-order valence-electron chi connectivity index (χ0n) is 13.9. The number of rotatable bonds is 3. The first-order chi connectivity index (χ1) is 12.2. The van der Waals surface area contributed by atoms with E-state index in [0.29, 0.717) is 29.8 Å². The maximum absolute atomic E-state index is 13.2. The Morgan fingerprint density at radius 3 is 2.84 bits per heavy atom. The van der Waals surface area contributed by atoms with E-state index in [4.69, 9.17) is 9.40 Å². The summed E-state index contributed by atoms with van der Waals surface area (Å²) in [6, 6.07) is 13.9. The van der Waals surface area contributed by atoms with Gasteiger partial charge in [-0.1, -0.05) is 30.3 Å². The number of aromatic nitrogens is 1. The van der Waals surface area contributed by atoms with E-state index in [-0.39, 0.29) is 5.91 Å². The van der Waals surface area contributed by atoms with E-state index in [0.717, 1.165) is 22.8 Å². The van der Waals surface area contributed by atoms with E-state index in [1.165, 1.54) is 11.3 Å². The van der Waals surface area contributed by atoms with Crippen molar-refractivity contribution in [2.45, 2.75) is 13.0 Å². The molecule has 0 aliphatic carbocycles. The SMILES string of the molecule is CC1CN(C(=O)c2sc(-c3ccco3)nc2-c2ccccc2)CCN1. The Balaban J connectivity index is 1.76. The molecule has 1 saturated heterocycles. The third kappa shape index (κ3) is 3.23. The first-order valence-corrected chi connectivity index (χ1v) is 9.17. The Kier molecular flexibility index (Phi) is 4.38. The molecule has 0 bridgehead atoms. The summed E-state index contributed by atoms with van der Waals surface area (Å²) in [5.74, 6) is 0.734. The van der Waals surface area contributed by atoms with Crippen molar-refractivity contribution in [3.05, 3.63) is 53.6 Å². The molecule has 2 aromatic heterocycles. The summed E-state index contributed by atoms with van der Waals surface area (Å²) in [5.41, 5.74) is 1.68. The fraction of sp³-hybridized carbons (Fsp3) is 0.263. The van der Waals surface area contributed by atoms with Crippen LogP contribution in [0, 0.1) is 0 Å². The molecule has 0 radical (unpaired) electrons. The molecule has 25 heavy (non-hydrogen) atoms. The van der Waals surface area contributed by atoms with Crippen LogP contribution in [0.25, 0.3) is 22.0 Å². The van der Waals surface area contributed by atoms with Gasteiger partial charge >= 0.3 is 0 Å². The molecule has 3 aromatic rings. The predicted molar refractivity (Wildman–Crippen MR) is 98.6 cm³/mol. The summed E-state index contributed by atoms with van der Waals surface area (Å²) in [7, 11) is 0. The van der Waals surface area contributed by atoms with Gasteiger partial charge in [0.1, 0.15) is 4.88 Å². The molecule has 1 unspecified atom stereocenters. The monoisotopic (exact) mass is 353 g/mol. The number of thiazole rings is 1. The number of hydrogen-bond donors (Lipinski definition) is 1. The van der Waals surface area contributed by atoms with Crippen molar-refractivity contribution < 1.29 is 9.21 Å². The van der Waals surface area contributed by atoms with Gasteiger partial charge in [-0.15, -0.1) is 11.3 Å². The third-order valence-corrected chi connectivity index (χ3v) is 5.31. The maximum Gasteiger partial charge on any atom is 0.266 e. The molecular formula is C19H19N3O2S. The number of piperazine rings is 1. The highest BCUT2D eigenvalue weighted by Crippen LogP contribution is 2.35. The lowest BCUT2D eigenvalue weighted by Gasteiger charge is -2.31. The third-order valence-electron chi connectivity index (χ3n) is 4.26.